The van der Waals surface area contributed by atoms with E-state index in [2.05, 4.69) is 39.4 Å². The van der Waals surface area contributed by atoms with Crippen molar-refractivity contribution >= 4 is 15.9 Å². The summed E-state index contributed by atoms with van der Waals surface area (Å²) in [4.78, 5) is 0. The second-order valence-electron chi connectivity index (χ2n) is 4.79. The van der Waals surface area contributed by atoms with E-state index in [1.807, 2.05) is 13.0 Å². The molecule has 2 rings (SSSR count). The van der Waals surface area contributed by atoms with Crippen LogP contribution in [0.3, 0.4) is 0 Å². The lowest BCUT2D eigenvalue weighted by Crippen LogP contribution is -2.26. The Labute approximate surface area is 123 Å². The van der Waals surface area contributed by atoms with E-state index in [-0.39, 0.29) is 6.10 Å². The van der Waals surface area contributed by atoms with Crippen LogP contribution in [0.1, 0.15) is 31.4 Å². The lowest BCUT2D eigenvalue weighted by atomic mass is 10.1. The molecule has 1 fully saturated rings. The van der Waals surface area contributed by atoms with Crippen LogP contribution < -0.4 is 5.32 Å². The summed E-state index contributed by atoms with van der Waals surface area (Å²) in [7, 11) is 0. The summed E-state index contributed by atoms with van der Waals surface area (Å²) >= 11 is 3.52. The van der Waals surface area contributed by atoms with Crippen molar-refractivity contribution in [3.8, 4) is 0 Å². The second kappa shape index (κ2) is 8.00. The van der Waals surface area contributed by atoms with E-state index in [0.717, 1.165) is 17.6 Å². The lowest BCUT2D eigenvalue weighted by Gasteiger charge is -2.19. The third-order valence-electron chi connectivity index (χ3n) is 3.14. The fraction of sp³-hybridized carbons (Fsp3) is 0.600. The zero-order chi connectivity index (χ0) is 13.5. The van der Waals surface area contributed by atoms with Gasteiger partial charge >= 0.3 is 0 Å². The van der Waals surface area contributed by atoms with Gasteiger partial charge in [-0.3, -0.25) is 0 Å². The van der Waals surface area contributed by atoms with Crippen LogP contribution in [0.5, 0.6) is 0 Å². The van der Waals surface area contributed by atoms with Gasteiger partial charge in [0.2, 0.25) is 0 Å². The molecular weight excluding hydrogens is 306 g/mol. The van der Waals surface area contributed by atoms with Gasteiger partial charge in [-0.1, -0.05) is 28.1 Å². The zero-order valence-corrected chi connectivity index (χ0v) is 13.0. The van der Waals surface area contributed by atoms with Gasteiger partial charge in [-0.2, -0.15) is 0 Å². The minimum Gasteiger partial charge on any atom is -0.379 e. The van der Waals surface area contributed by atoms with Gasteiger partial charge in [0.05, 0.1) is 19.3 Å². The minimum absolute atomic E-state index is 0.0959. The highest BCUT2D eigenvalue weighted by Crippen LogP contribution is 2.23. The first kappa shape index (κ1) is 15.0. The number of halogens is 1. The Bertz CT molecular complexity index is 382. The highest BCUT2D eigenvalue weighted by Gasteiger charge is 2.22. The molecule has 1 aromatic rings. The summed E-state index contributed by atoms with van der Waals surface area (Å²) in [5.41, 5.74) is 1.21. The maximum absolute atomic E-state index is 5.96. The molecular formula is C15H22BrNO2. The van der Waals surface area contributed by atoms with Gasteiger partial charge in [0.1, 0.15) is 0 Å². The van der Waals surface area contributed by atoms with Gasteiger partial charge in [-0.05, 0) is 37.5 Å². The summed E-state index contributed by atoms with van der Waals surface area (Å²) < 4.78 is 12.4. The van der Waals surface area contributed by atoms with Crippen LogP contribution in [0.25, 0.3) is 0 Å². The third-order valence-corrected chi connectivity index (χ3v) is 3.63. The van der Waals surface area contributed by atoms with Crippen LogP contribution in [-0.2, 0) is 9.47 Å². The van der Waals surface area contributed by atoms with Crippen molar-refractivity contribution in [3.05, 3.63) is 34.3 Å². The van der Waals surface area contributed by atoms with Crippen LogP contribution in [0.4, 0.5) is 0 Å². The summed E-state index contributed by atoms with van der Waals surface area (Å²) in [5.74, 6) is 0. The molecule has 4 heteroatoms. The van der Waals surface area contributed by atoms with Crippen molar-refractivity contribution in [3.63, 3.8) is 0 Å². The van der Waals surface area contributed by atoms with Crippen molar-refractivity contribution in [2.24, 2.45) is 0 Å². The van der Waals surface area contributed by atoms with Crippen molar-refractivity contribution < 1.29 is 9.47 Å². The van der Waals surface area contributed by atoms with E-state index in [1.54, 1.807) is 0 Å². The molecule has 0 bridgehead atoms. The SMILES string of the molecule is CCOCCOC(CNC1CC1)c1cccc(Br)c1. The molecule has 3 nitrogen and oxygen atoms in total. The predicted octanol–water partition coefficient (Wildman–Crippen LogP) is 3.30. The number of ether oxygens (including phenoxy) is 2. The normalized spacial score (nSPS) is 16.5. The Morgan fingerprint density at radius 2 is 2.21 bits per heavy atom. The summed E-state index contributed by atoms with van der Waals surface area (Å²) in [6, 6.07) is 9.03. The van der Waals surface area contributed by atoms with E-state index in [9.17, 15) is 0 Å². The number of benzene rings is 1. The summed E-state index contributed by atoms with van der Waals surface area (Å²) in [6.07, 6.45) is 2.69. The van der Waals surface area contributed by atoms with Crippen LogP contribution in [-0.4, -0.2) is 32.4 Å². The van der Waals surface area contributed by atoms with Gasteiger partial charge in [0, 0.05) is 23.7 Å². The van der Waals surface area contributed by atoms with E-state index in [0.29, 0.717) is 19.3 Å². The molecule has 1 atom stereocenters. The minimum atomic E-state index is 0.0959. The molecule has 106 valence electrons. The quantitative estimate of drug-likeness (QED) is 0.706. The molecule has 19 heavy (non-hydrogen) atoms. The van der Waals surface area contributed by atoms with E-state index in [4.69, 9.17) is 9.47 Å². The number of rotatable bonds is 9. The molecule has 0 aliphatic heterocycles. The Morgan fingerprint density at radius 3 is 2.89 bits per heavy atom. The topological polar surface area (TPSA) is 30.5 Å². The molecule has 1 aliphatic carbocycles. The van der Waals surface area contributed by atoms with Crippen molar-refractivity contribution in [1.29, 1.82) is 0 Å². The van der Waals surface area contributed by atoms with Gasteiger partial charge in [-0.15, -0.1) is 0 Å². The van der Waals surface area contributed by atoms with E-state index in [1.165, 1.54) is 18.4 Å². The zero-order valence-electron chi connectivity index (χ0n) is 11.4. The van der Waals surface area contributed by atoms with Crippen molar-refractivity contribution in [1.82, 2.24) is 5.32 Å². The molecule has 0 radical (unpaired) electrons. The smallest absolute Gasteiger partial charge is 0.0950 e. The van der Waals surface area contributed by atoms with Gasteiger partial charge in [0.25, 0.3) is 0 Å². The molecule has 0 amide bonds. The van der Waals surface area contributed by atoms with Crippen LogP contribution >= 0.6 is 15.9 Å². The molecule has 0 saturated heterocycles. The lowest BCUT2D eigenvalue weighted by molar-refractivity contribution is 0.00670. The number of hydrogen-bond acceptors (Lipinski definition) is 3. The molecule has 1 saturated carbocycles. The second-order valence-corrected chi connectivity index (χ2v) is 5.71. The Kier molecular flexibility index (Phi) is 6.31. The van der Waals surface area contributed by atoms with Gasteiger partial charge < -0.3 is 14.8 Å². The maximum atomic E-state index is 5.96. The summed E-state index contributed by atoms with van der Waals surface area (Å²) in [5, 5.41) is 3.53. The highest BCUT2D eigenvalue weighted by molar-refractivity contribution is 9.10. The van der Waals surface area contributed by atoms with Gasteiger partial charge in [-0.25, -0.2) is 0 Å². The highest BCUT2D eigenvalue weighted by atomic mass is 79.9. The molecule has 0 spiro atoms. The average molecular weight is 328 g/mol. The predicted molar refractivity (Wildman–Crippen MR) is 80.4 cm³/mol. The maximum Gasteiger partial charge on any atom is 0.0950 e. The first-order chi connectivity index (χ1) is 9.29. The Hall–Kier alpha value is -0.420. The van der Waals surface area contributed by atoms with Gasteiger partial charge in [0.15, 0.2) is 0 Å². The molecule has 0 heterocycles. The molecule has 0 aromatic heterocycles. The van der Waals surface area contributed by atoms with E-state index >= 15 is 0 Å². The average Bonchev–Trinajstić information content (AvgIpc) is 3.22. The molecule has 1 N–H and O–H groups in total. The first-order valence-corrected chi connectivity index (χ1v) is 7.77. The fourth-order valence-corrected chi connectivity index (χ4v) is 2.35. The molecule has 1 aromatic carbocycles. The Balaban J connectivity index is 1.87. The Morgan fingerprint density at radius 1 is 1.37 bits per heavy atom. The third kappa shape index (κ3) is 5.61. The van der Waals surface area contributed by atoms with Crippen molar-refractivity contribution in [2.75, 3.05) is 26.4 Å². The van der Waals surface area contributed by atoms with Crippen LogP contribution in [0, 0.1) is 0 Å². The van der Waals surface area contributed by atoms with Crippen LogP contribution in [0.15, 0.2) is 28.7 Å². The fourth-order valence-electron chi connectivity index (χ4n) is 1.93. The summed E-state index contributed by atoms with van der Waals surface area (Å²) in [6.45, 7) is 4.90. The number of nitrogens with one attached hydrogen (secondary N) is 1. The number of hydrogen-bond donors (Lipinski definition) is 1. The van der Waals surface area contributed by atoms with Crippen molar-refractivity contribution in [2.45, 2.75) is 31.9 Å². The molecule has 1 unspecified atom stereocenters. The monoisotopic (exact) mass is 327 g/mol. The molecule has 1 aliphatic rings. The van der Waals surface area contributed by atoms with E-state index < -0.39 is 0 Å². The first-order valence-electron chi connectivity index (χ1n) is 6.97. The largest absolute Gasteiger partial charge is 0.379 e. The van der Waals surface area contributed by atoms with Crippen LogP contribution in [0.2, 0.25) is 0 Å². The standard InChI is InChI=1S/C15H22BrNO2/c1-2-18-8-9-19-15(11-17-14-6-7-14)12-4-3-5-13(16)10-12/h3-5,10,14-15,17H,2,6-9,11H2,1H3.